The molecule has 0 N–H and O–H groups in total. The summed E-state index contributed by atoms with van der Waals surface area (Å²) in [5.74, 6) is 0.955. The van der Waals surface area contributed by atoms with E-state index in [0.717, 1.165) is 41.5 Å². The summed E-state index contributed by atoms with van der Waals surface area (Å²) in [6.07, 6.45) is 2.25. The van der Waals surface area contributed by atoms with Gasteiger partial charge in [-0.3, -0.25) is 0 Å². The molecule has 1 aromatic carbocycles. The molecule has 0 unspecified atom stereocenters. The summed E-state index contributed by atoms with van der Waals surface area (Å²) in [5, 5.41) is 0.808. The number of unbranched alkanes of at least 4 members (excludes halogenated alkanes) is 1. The van der Waals surface area contributed by atoms with E-state index in [0.29, 0.717) is 0 Å². The van der Waals surface area contributed by atoms with Crippen molar-refractivity contribution in [2.24, 2.45) is 0 Å². The highest BCUT2D eigenvalue weighted by Crippen LogP contribution is 2.27. The van der Waals surface area contributed by atoms with Gasteiger partial charge in [0.2, 0.25) is 0 Å². The second-order valence-corrected chi connectivity index (χ2v) is 5.06. The Morgan fingerprint density at radius 3 is 2.47 bits per heavy atom. The van der Waals surface area contributed by atoms with E-state index in [4.69, 9.17) is 16.3 Å². The Labute approximate surface area is 110 Å². The van der Waals surface area contributed by atoms with E-state index >= 15 is 0 Å². The first-order valence-corrected chi connectivity index (χ1v) is 6.43. The van der Waals surface area contributed by atoms with Crippen LogP contribution < -0.4 is 4.74 Å². The molecule has 17 heavy (non-hydrogen) atoms. The van der Waals surface area contributed by atoms with Crippen molar-refractivity contribution in [3.63, 3.8) is 0 Å². The molecule has 0 spiro atoms. The molecule has 0 heterocycles. The first kappa shape index (κ1) is 14.3. The molecule has 0 radical (unpaired) electrons. The van der Waals surface area contributed by atoms with E-state index in [1.165, 1.54) is 6.42 Å². The number of halogens is 1. The van der Waals surface area contributed by atoms with E-state index in [-0.39, 0.29) is 0 Å². The van der Waals surface area contributed by atoms with Crippen LogP contribution in [0.1, 0.15) is 24.0 Å². The predicted molar refractivity (Wildman–Crippen MR) is 74.2 cm³/mol. The Morgan fingerprint density at radius 1 is 1.12 bits per heavy atom. The quantitative estimate of drug-likeness (QED) is 0.719. The lowest BCUT2D eigenvalue weighted by molar-refractivity contribution is 0.291. The summed E-state index contributed by atoms with van der Waals surface area (Å²) in [6, 6.07) is 3.86. The highest BCUT2D eigenvalue weighted by molar-refractivity contribution is 6.31. The molecule has 0 saturated heterocycles. The van der Waals surface area contributed by atoms with Crippen molar-refractivity contribution in [1.82, 2.24) is 4.90 Å². The Hall–Kier alpha value is -0.730. The monoisotopic (exact) mass is 255 g/mol. The molecule has 0 bridgehead atoms. The minimum atomic E-state index is 0.774. The van der Waals surface area contributed by atoms with Crippen molar-refractivity contribution in [2.45, 2.75) is 26.7 Å². The van der Waals surface area contributed by atoms with Crippen LogP contribution in [0.3, 0.4) is 0 Å². The highest BCUT2D eigenvalue weighted by Gasteiger charge is 2.05. The van der Waals surface area contributed by atoms with Crippen molar-refractivity contribution in [1.29, 1.82) is 0 Å². The number of hydrogen-bond acceptors (Lipinski definition) is 2. The van der Waals surface area contributed by atoms with Gasteiger partial charge in [0.15, 0.2) is 0 Å². The zero-order valence-corrected chi connectivity index (χ0v) is 12.0. The minimum absolute atomic E-state index is 0.774. The molecule has 0 aliphatic heterocycles. The van der Waals surface area contributed by atoms with Gasteiger partial charge in [0.05, 0.1) is 6.61 Å². The molecule has 2 nitrogen and oxygen atoms in total. The number of benzene rings is 1. The summed E-state index contributed by atoms with van der Waals surface area (Å²) in [4.78, 5) is 2.19. The van der Waals surface area contributed by atoms with E-state index in [2.05, 4.69) is 25.9 Å². The first-order chi connectivity index (χ1) is 8.02. The van der Waals surface area contributed by atoms with Gasteiger partial charge in [0, 0.05) is 5.02 Å². The smallest absolute Gasteiger partial charge is 0.122 e. The van der Waals surface area contributed by atoms with Gasteiger partial charge in [-0.1, -0.05) is 11.6 Å². The Balaban J connectivity index is 2.40. The van der Waals surface area contributed by atoms with Gasteiger partial charge in [0.1, 0.15) is 5.75 Å². The fourth-order valence-corrected chi connectivity index (χ4v) is 1.84. The van der Waals surface area contributed by atoms with Crippen LogP contribution in [0.25, 0.3) is 0 Å². The van der Waals surface area contributed by atoms with Crippen molar-refractivity contribution in [2.75, 3.05) is 27.2 Å². The van der Waals surface area contributed by atoms with Crippen LogP contribution in [0.4, 0.5) is 0 Å². The zero-order chi connectivity index (χ0) is 12.8. The summed E-state index contributed by atoms with van der Waals surface area (Å²) in [5.41, 5.74) is 2.25. The first-order valence-electron chi connectivity index (χ1n) is 6.05. The largest absolute Gasteiger partial charge is 0.493 e. The van der Waals surface area contributed by atoms with Gasteiger partial charge in [-0.2, -0.15) is 0 Å². The third-order valence-corrected chi connectivity index (χ3v) is 3.34. The van der Waals surface area contributed by atoms with Crippen molar-refractivity contribution in [3.05, 3.63) is 28.3 Å². The molecule has 0 fully saturated rings. The van der Waals surface area contributed by atoms with Crippen LogP contribution in [0.2, 0.25) is 5.02 Å². The molecule has 0 atom stereocenters. The van der Waals surface area contributed by atoms with Gasteiger partial charge >= 0.3 is 0 Å². The molecule has 0 saturated carbocycles. The maximum absolute atomic E-state index is 6.04. The number of nitrogens with zero attached hydrogens (tertiary/aromatic N) is 1. The SMILES string of the molecule is Cc1c(Cl)ccc(OCCCCN(C)C)c1C. The number of hydrogen-bond donors (Lipinski definition) is 0. The molecule has 1 aromatic rings. The molecule has 0 amide bonds. The molecule has 0 aliphatic rings. The van der Waals surface area contributed by atoms with Crippen LogP contribution in [0.15, 0.2) is 12.1 Å². The van der Waals surface area contributed by atoms with Crippen molar-refractivity contribution < 1.29 is 4.74 Å². The van der Waals surface area contributed by atoms with Crippen LogP contribution in [-0.2, 0) is 0 Å². The fraction of sp³-hybridized carbons (Fsp3) is 0.571. The molecule has 3 heteroatoms. The second kappa shape index (κ2) is 6.87. The number of rotatable bonds is 6. The van der Waals surface area contributed by atoms with Gasteiger partial charge in [0.25, 0.3) is 0 Å². The number of ether oxygens (including phenoxy) is 1. The second-order valence-electron chi connectivity index (χ2n) is 4.65. The summed E-state index contributed by atoms with van der Waals surface area (Å²) in [6.45, 7) is 5.96. The maximum atomic E-state index is 6.04. The predicted octanol–water partition coefficient (Wildman–Crippen LogP) is 3.68. The molecule has 0 aromatic heterocycles. The van der Waals surface area contributed by atoms with E-state index in [9.17, 15) is 0 Å². The van der Waals surface area contributed by atoms with Gasteiger partial charge in [-0.05, 0) is 70.6 Å². The Kier molecular flexibility index (Phi) is 5.79. The molecule has 96 valence electrons. The van der Waals surface area contributed by atoms with Crippen LogP contribution in [0, 0.1) is 13.8 Å². The third-order valence-electron chi connectivity index (χ3n) is 2.93. The average molecular weight is 256 g/mol. The van der Waals surface area contributed by atoms with E-state index in [1.807, 2.05) is 19.1 Å². The van der Waals surface area contributed by atoms with Crippen LogP contribution in [-0.4, -0.2) is 32.1 Å². The van der Waals surface area contributed by atoms with Crippen LogP contribution >= 0.6 is 11.6 Å². The summed E-state index contributed by atoms with van der Waals surface area (Å²) < 4.78 is 5.78. The van der Waals surface area contributed by atoms with E-state index in [1.54, 1.807) is 0 Å². The van der Waals surface area contributed by atoms with Crippen molar-refractivity contribution >= 4 is 11.6 Å². The standard InChI is InChI=1S/C14H22ClNO/c1-11-12(2)14(8-7-13(11)15)17-10-6-5-9-16(3)4/h7-8H,5-6,9-10H2,1-4H3. The zero-order valence-electron chi connectivity index (χ0n) is 11.2. The normalized spacial score (nSPS) is 10.9. The summed E-state index contributed by atoms with van der Waals surface area (Å²) >= 11 is 6.04. The molecular formula is C14H22ClNO. The maximum Gasteiger partial charge on any atom is 0.122 e. The van der Waals surface area contributed by atoms with Crippen LogP contribution in [0.5, 0.6) is 5.75 Å². The topological polar surface area (TPSA) is 12.5 Å². The van der Waals surface area contributed by atoms with Gasteiger partial charge in [-0.25, -0.2) is 0 Å². The van der Waals surface area contributed by atoms with Gasteiger partial charge < -0.3 is 9.64 Å². The minimum Gasteiger partial charge on any atom is -0.493 e. The molecule has 1 rings (SSSR count). The molecule has 0 aliphatic carbocycles. The molecular weight excluding hydrogens is 234 g/mol. The van der Waals surface area contributed by atoms with E-state index < -0.39 is 0 Å². The lowest BCUT2D eigenvalue weighted by Gasteiger charge is -2.13. The Bertz CT molecular complexity index is 363. The van der Waals surface area contributed by atoms with Crippen molar-refractivity contribution in [3.8, 4) is 5.75 Å². The highest BCUT2D eigenvalue weighted by atomic mass is 35.5. The lowest BCUT2D eigenvalue weighted by Crippen LogP contribution is -2.13. The van der Waals surface area contributed by atoms with Gasteiger partial charge in [-0.15, -0.1) is 0 Å². The average Bonchev–Trinajstić information content (AvgIpc) is 2.28. The Morgan fingerprint density at radius 2 is 1.82 bits per heavy atom. The summed E-state index contributed by atoms with van der Waals surface area (Å²) in [7, 11) is 4.18. The fourth-order valence-electron chi connectivity index (χ4n) is 1.63. The third kappa shape index (κ3) is 4.57. The lowest BCUT2D eigenvalue weighted by atomic mass is 10.1.